The van der Waals surface area contributed by atoms with Gasteiger partial charge in [-0.3, -0.25) is 4.79 Å². The highest BCUT2D eigenvalue weighted by atomic mass is 32.2. The van der Waals surface area contributed by atoms with Gasteiger partial charge >= 0.3 is 0 Å². The summed E-state index contributed by atoms with van der Waals surface area (Å²) in [5.74, 6) is 0.140. The van der Waals surface area contributed by atoms with Gasteiger partial charge in [-0.1, -0.05) is 13.8 Å². The van der Waals surface area contributed by atoms with Crippen LogP contribution >= 0.6 is 0 Å². The fraction of sp³-hybridized carbons (Fsp3) is 0.909. The largest absolute Gasteiger partial charge is 0.308 e. The van der Waals surface area contributed by atoms with E-state index in [0.717, 1.165) is 6.42 Å². The van der Waals surface area contributed by atoms with Crippen LogP contribution in [0.5, 0.6) is 0 Å². The Morgan fingerprint density at radius 1 is 1.25 bits per heavy atom. The Morgan fingerprint density at radius 3 is 2.38 bits per heavy atom. The smallest absolute Gasteiger partial charge is 0.150 e. The lowest BCUT2D eigenvalue weighted by Gasteiger charge is -2.10. The lowest BCUT2D eigenvalue weighted by molar-refractivity contribution is -0.118. The van der Waals surface area contributed by atoms with Crippen molar-refractivity contribution in [3.05, 3.63) is 0 Å². The molecule has 4 nitrogen and oxygen atoms in total. The van der Waals surface area contributed by atoms with E-state index < -0.39 is 9.84 Å². The van der Waals surface area contributed by atoms with Gasteiger partial charge in [0.1, 0.15) is 5.78 Å². The van der Waals surface area contributed by atoms with Crippen LogP contribution in [0.4, 0.5) is 0 Å². The molecule has 96 valence electrons. The molecule has 0 aromatic carbocycles. The molecule has 0 aliphatic heterocycles. The van der Waals surface area contributed by atoms with Crippen LogP contribution in [0.1, 0.15) is 40.0 Å². The van der Waals surface area contributed by atoms with Crippen LogP contribution in [-0.2, 0) is 14.6 Å². The van der Waals surface area contributed by atoms with Crippen molar-refractivity contribution < 1.29 is 13.2 Å². The average molecular weight is 249 g/mol. The number of carbonyl (C=O) groups excluding carboxylic acids is 1. The van der Waals surface area contributed by atoms with E-state index in [4.69, 9.17) is 0 Å². The molecule has 0 amide bonds. The second-order valence-electron chi connectivity index (χ2n) is 4.13. The van der Waals surface area contributed by atoms with Crippen molar-refractivity contribution in [1.29, 1.82) is 0 Å². The van der Waals surface area contributed by atoms with Crippen LogP contribution in [0.2, 0.25) is 0 Å². The zero-order valence-electron chi connectivity index (χ0n) is 10.5. The molecule has 1 N–H and O–H groups in total. The number of carbonyl (C=O) groups is 1. The minimum absolute atomic E-state index is 0.0120. The third kappa shape index (κ3) is 7.82. The first-order chi connectivity index (χ1) is 7.41. The van der Waals surface area contributed by atoms with Gasteiger partial charge in [0.15, 0.2) is 9.84 Å². The molecule has 0 aromatic rings. The second kappa shape index (κ2) is 7.79. The van der Waals surface area contributed by atoms with E-state index in [1.54, 1.807) is 0 Å². The Kier molecular flexibility index (Phi) is 7.58. The molecular weight excluding hydrogens is 226 g/mol. The first kappa shape index (κ1) is 15.6. The summed E-state index contributed by atoms with van der Waals surface area (Å²) >= 11 is 0. The second-order valence-corrected chi connectivity index (χ2v) is 6.43. The Hall–Kier alpha value is -0.420. The van der Waals surface area contributed by atoms with E-state index in [2.05, 4.69) is 5.32 Å². The molecule has 1 unspecified atom stereocenters. The number of ketones is 1. The maximum absolute atomic E-state index is 11.4. The van der Waals surface area contributed by atoms with Gasteiger partial charge in [0.25, 0.3) is 0 Å². The maximum Gasteiger partial charge on any atom is 0.150 e. The average Bonchev–Trinajstić information content (AvgIpc) is 2.23. The molecule has 0 aromatic heterocycles. The third-order valence-electron chi connectivity index (χ3n) is 2.47. The highest BCUT2D eigenvalue weighted by molar-refractivity contribution is 7.91. The van der Waals surface area contributed by atoms with E-state index in [0.29, 0.717) is 12.5 Å². The van der Waals surface area contributed by atoms with Crippen molar-refractivity contribution in [3.8, 4) is 0 Å². The van der Waals surface area contributed by atoms with Crippen LogP contribution in [0, 0.1) is 0 Å². The van der Waals surface area contributed by atoms with Crippen molar-refractivity contribution in [2.75, 3.05) is 18.1 Å². The Morgan fingerprint density at radius 2 is 1.88 bits per heavy atom. The molecule has 0 bridgehead atoms. The normalized spacial score (nSPS) is 13.7. The highest BCUT2D eigenvalue weighted by Crippen LogP contribution is 1.97. The summed E-state index contributed by atoms with van der Waals surface area (Å²) in [6.45, 7) is 6.13. The van der Waals surface area contributed by atoms with E-state index in [-0.39, 0.29) is 30.3 Å². The van der Waals surface area contributed by atoms with E-state index >= 15 is 0 Å². The summed E-state index contributed by atoms with van der Waals surface area (Å²) < 4.78 is 22.7. The summed E-state index contributed by atoms with van der Waals surface area (Å²) in [4.78, 5) is 11.4. The van der Waals surface area contributed by atoms with Crippen LogP contribution in [-0.4, -0.2) is 38.3 Å². The van der Waals surface area contributed by atoms with Gasteiger partial charge in [-0.2, -0.15) is 0 Å². The summed E-state index contributed by atoms with van der Waals surface area (Å²) in [6.07, 6.45) is 1.70. The number of Topliss-reactive ketones (excluding diaryl/α,β-unsaturated/α-hetero) is 1. The van der Waals surface area contributed by atoms with Crippen LogP contribution in [0.25, 0.3) is 0 Å². The number of nitrogens with one attached hydrogen (secondary N) is 1. The van der Waals surface area contributed by atoms with Gasteiger partial charge in [0.05, 0.1) is 12.3 Å². The summed E-state index contributed by atoms with van der Waals surface area (Å²) in [7, 11) is -3.02. The fourth-order valence-electron chi connectivity index (χ4n) is 1.20. The number of sulfone groups is 1. The van der Waals surface area contributed by atoms with Crippen molar-refractivity contribution in [1.82, 2.24) is 5.32 Å². The van der Waals surface area contributed by atoms with Gasteiger partial charge in [-0.25, -0.2) is 8.42 Å². The topological polar surface area (TPSA) is 63.2 Å². The van der Waals surface area contributed by atoms with Gasteiger partial charge in [-0.15, -0.1) is 0 Å². The first-order valence-electron chi connectivity index (χ1n) is 5.86. The Labute approximate surface area is 98.7 Å². The van der Waals surface area contributed by atoms with E-state index in [1.807, 2.05) is 20.8 Å². The van der Waals surface area contributed by atoms with Crippen molar-refractivity contribution >= 4 is 15.6 Å². The summed E-state index contributed by atoms with van der Waals surface area (Å²) in [6, 6.07) is 0.302. The van der Waals surface area contributed by atoms with Gasteiger partial charge < -0.3 is 5.32 Å². The molecule has 0 heterocycles. The maximum atomic E-state index is 11.4. The Balaban J connectivity index is 3.82. The first-order valence-corrected chi connectivity index (χ1v) is 7.69. The Bertz CT molecular complexity index is 298. The monoisotopic (exact) mass is 249 g/mol. The molecule has 0 radical (unpaired) electrons. The lowest BCUT2D eigenvalue weighted by atomic mass is 10.2. The lowest BCUT2D eigenvalue weighted by Crippen LogP contribution is -2.31. The van der Waals surface area contributed by atoms with Gasteiger partial charge in [0, 0.05) is 18.2 Å². The van der Waals surface area contributed by atoms with Crippen LogP contribution in [0.3, 0.4) is 0 Å². The quantitative estimate of drug-likeness (QED) is 0.666. The molecule has 0 aliphatic carbocycles. The minimum Gasteiger partial charge on any atom is -0.308 e. The SMILES string of the molecule is CCCS(=O)(=O)CCC(=O)CNC(C)CC. The van der Waals surface area contributed by atoms with Crippen molar-refractivity contribution in [2.24, 2.45) is 0 Å². The highest BCUT2D eigenvalue weighted by Gasteiger charge is 2.12. The molecule has 0 fully saturated rings. The standard InChI is InChI=1S/C11H23NO3S/c1-4-7-16(14,15)8-6-11(13)9-12-10(3)5-2/h10,12H,4-9H2,1-3H3. The molecule has 1 atom stereocenters. The number of rotatable bonds is 9. The summed E-state index contributed by atoms with van der Waals surface area (Å²) in [5, 5.41) is 3.06. The summed E-state index contributed by atoms with van der Waals surface area (Å²) in [5.41, 5.74) is 0. The number of hydrogen-bond acceptors (Lipinski definition) is 4. The third-order valence-corrected chi connectivity index (χ3v) is 4.32. The van der Waals surface area contributed by atoms with E-state index in [9.17, 15) is 13.2 Å². The fourth-order valence-corrected chi connectivity index (χ4v) is 2.57. The van der Waals surface area contributed by atoms with Crippen LogP contribution < -0.4 is 5.32 Å². The molecule has 0 saturated carbocycles. The van der Waals surface area contributed by atoms with Gasteiger partial charge in [0.2, 0.25) is 0 Å². The van der Waals surface area contributed by atoms with E-state index in [1.165, 1.54) is 0 Å². The number of hydrogen-bond donors (Lipinski definition) is 1. The van der Waals surface area contributed by atoms with Crippen molar-refractivity contribution in [3.63, 3.8) is 0 Å². The molecule has 0 aliphatic rings. The molecule has 5 heteroatoms. The predicted molar refractivity (Wildman–Crippen MR) is 66.3 cm³/mol. The molecule has 0 rings (SSSR count). The molecule has 16 heavy (non-hydrogen) atoms. The predicted octanol–water partition coefficient (Wildman–Crippen LogP) is 1.16. The van der Waals surface area contributed by atoms with Crippen LogP contribution in [0.15, 0.2) is 0 Å². The van der Waals surface area contributed by atoms with Crippen molar-refractivity contribution in [2.45, 2.75) is 46.1 Å². The molecule has 0 saturated heterocycles. The van der Waals surface area contributed by atoms with Gasteiger partial charge in [-0.05, 0) is 19.8 Å². The molecule has 0 spiro atoms. The molecular formula is C11H23NO3S. The zero-order chi connectivity index (χ0) is 12.6. The minimum atomic E-state index is -3.02. The zero-order valence-corrected chi connectivity index (χ0v) is 11.3.